The number of carbonyl (C=O) groups excluding carboxylic acids is 1. The molecule has 8 heteroatoms. The van der Waals surface area contributed by atoms with Crippen molar-refractivity contribution in [1.82, 2.24) is 9.62 Å². The third kappa shape index (κ3) is 4.39. The van der Waals surface area contributed by atoms with Gasteiger partial charge in [0.05, 0.1) is 16.0 Å². The van der Waals surface area contributed by atoms with Gasteiger partial charge >= 0.3 is 0 Å². The molecule has 21 heavy (non-hydrogen) atoms. The third-order valence-corrected chi connectivity index (χ3v) is 4.53. The number of amides is 1. The molecule has 1 atom stereocenters. The fourth-order valence-electron chi connectivity index (χ4n) is 2.03. The number of hydrogen-bond donors (Lipinski definition) is 1. The summed E-state index contributed by atoms with van der Waals surface area (Å²) in [6.45, 7) is 3.62. The minimum Gasteiger partial charge on any atom is -0.298 e. The lowest BCUT2D eigenvalue weighted by Gasteiger charge is -2.26. The van der Waals surface area contributed by atoms with Gasteiger partial charge in [-0.25, -0.2) is 17.5 Å². The van der Waals surface area contributed by atoms with Crippen molar-refractivity contribution in [2.24, 2.45) is 5.92 Å². The molecule has 0 aliphatic carbocycles. The van der Waals surface area contributed by atoms with Gasteiger partial charge in [-0.1, -0.05) is 25.4 Å². The molecule has 1 aromatic carbocycles. The van der Waals surface area contributed by atoms with Gasteiger partial charge in [0.25, 0.3) is 15.9 Å². The van der Waals surface area contributed by atoms with Gasteiger partial charge in [0.15, 0.2) is 0 Å². The number of likely N-dealkylation sites (N-methyl/N-ethyl adjacent to an activating group) is 1. The highest BCUT2D eigenvalue weighted by Crippen LogP contribution is 2.19. The zero-order chi connectivity index (χ0) is 16.4. The van der Waals surface area contributed by atoms with E-state index in [0.717, 1.165) is 18.2 Å². The molecule has 0 aliphatic rings. The average Bonchev–Trinajstić information content (AvgIpc) is 2.30. The van der Waals surface area contributed by atoms with Crippen molar-refractivity contribution in [3.8, 4) is 0 Å². The van der Waals surface area contributed by atoms with Gasteiger partial charge in [0, 0.05) is 0 Å². The zero-order valence-corrected chi connectivity index (χ0v) is 13.8. The van der Waals surface area contributed by atoms with Crippen LogP contribution in [0.15, 0.2) is 23.1 Å². The number of rotatable bonds is 5. The maximum Gasteiger partial charge on any atom is 0.264 e. The van der Waals surface area contributed by atoms with Crippen molar-refractivity contribution in [3.05, 3.63) is 29.0 Å². The summed E-state index contributed by atoms with van der Waals surface area (Å²) in [5.74, 6) is -1.45. The lowest BCUT2D eigenvalue weighted by atomic mass is 10.0. The summed E-state index contributed by atoms with van der Waals surface area (Å²) in [5.41, 5.74) is 0. The molecule has 0 bridgehead atoms. The zero-order valence-electron chi connectivity index (χ0n) is 12.2. The Hall–Kier alpha value is -1.18. The Bertz CT molecular complexity index is 624. The minimum atomic E-state index is -4.09. The van der Waals surface area contributed by atoms with Gasteiger partial charge in [-0.05, 0) is 38.2 Å². The Labute approximate surface area is 129 Å². The highest BCUT2D eigenvalue weighted by molar-refractivity contribution is 7.90. The minimum absolute atomic E-state index is 0.0768. The number of sulfonamides is 1. The highest BCUT2D eigenvalue weighted by Gasteiger charge is 2.28. The van der Waals surface area contributed by atoms with E-state index in [4.69, 9.17) is 11.6 Å². The maximum absolute atomic E-state index is 13.1. The number of benzene rings is 1. The average molecular weight is 337 g/mol. The van der Waals surface area contributed by atoms with E-state index in [9.17, 15) is 17.6 Å². The molecule has 0 aromatic heterocycles. The summed E-state index contributed by atoms with van der Waals surface area (Å²) in [6, 6.07) is 2.35. The van der Waals surface area contributed by atoms with E-state index in [2.05, 4.69) is 0 Å². The fourth-order valence-corrected chi connectivity index (χ4v) is 3.30. The Morgan fingerprint density at radius 1 is 1.33 bits per heavy atom. The van der Waals surface area contributed by atoms with E-state index in [-0.39, 0.29) is 15.8 Å². The van der Waals surface area contributed by atoms with Crippen molar-refractivity contribution in [3.63, 3.8) is 0 Å². The monoisotopic (exact) mass is 336 g/mol. The fraction of sp³-hybridized carbons (Fsp3) is 0.462. The summed E-state index contributed by atoms with van der Waals surface area (Å²) in [4.78, 5) is 13.5. The first-order valence-electron chi connectivity index (χ1n) is 6.24. The quantitative estimate of drug-likeness (QED) is 0.891. The Morgan fingerprint density at radius 3 is 2.33 bits per heavy atom. The van der Waals surface area contributed by atoms with Crippen LogP contribution in [0.25, 0.3) is 0 Å². The molecule has 118 valence electrons. The van der Waals surface area contributed by atoms with Crippen LogP contribution in [0.1, 0.15) is 13.8 Å². The van der Waals surface area contributed by atoms with Crippen LogP contribution in [-0.4, -0.2) is 39.4 Å². The predicted molar refractivity (Wildman–Crippen MR) is 79.1 cm³/mol. The Morgan fingerprint density at radius 2 is 1.90 bits per heavy atom. The van der Waals surface area contributed by atoms with Gasteiger partial charge in [-0.3, -0.25) is 9.69 Å². The standard InChI is InChI=1S/C13H18ClFN2O3S/c1-8(2)12(17(3)4)13(18)16-21(19,20)9-5-6-11(15)10(14)7-9/h5-8,12H,1-4H3,(H,16,18)/t12-/m0/s1. The van der Waals surface area contributed by atoms with Gasteiger partial charge in [0.1, 0.15) is 5.82 Å². The normalized spacial score (nSPS) is 13.5. The molecule has 1 amide bonds. The summed E-state index contributed by atoms with van der Waals surface area (Å²) >= 11 is 5.56. The van der Waals surface area contributed by atoms with Crippen LogP contribution >= 0.6 is 11.6 Å². The van der Waals surface area contributed by atoms with Crippen LogP contribution in [-0.2, 0) is 14.8 Å². The van der Waals surface area contributed by atoms with Crippen LogP contribution in [0.4, 0.5) is 4.39 Å². The van der Waals surface area contributed by atoms with Gasteiger partial charge < -0.3 is 0 Å². The molecule has 0 aliphatic heterocycles. The largest absolute Gasteiger partial charge is 0.298 e. The van der Waals surface area contributed by atoms with Gasteiger partial charge in [-0.15, -0.1) is 0 Å². The van der Waals surface area contributed by atoms with Gasteiger partial charge in [0.2, 0.25) is 0 Å². The van der Waals surface area contributed by atoms with E-state index in [1.54, 1.807) is 19.0 Å². The molecule has 5 nitrogen and oxygen atoms in total. The molecule has 0 fully saturated rings. The van der Waals surface area contributed by atoms with Crippen LogP contribution in [0.5, 0.6) is 0 Å². The second-order valence-corrected chi connectivity index (χ2v) is 7.29. The van der Waals surface area contributed by atoms with Crippen LogP contribution in [0.2, 0.25) is 5.02 Å². The van der Waals surface area contributed by atoms with Crippen LogP contribution < -0.4 is 4.72 Å². The smallest absolute Gasteiger partial charge is 0.264 e. The molecule has 0 heterocycles. The van der Waals surface area contributed by atoms with Crippen molar-refractivity contribution in [1.29, 1.82) is 0 Å². The molecule has 0 spiro atoms. The van der Waals surface area contributed by atoms with Gasteiger partial charge in [-0.2, -0.15) is 0 Å². The van der Waals surface area contributed by atoms with Crippen molar-refractivity contribution >= 4 is 27.5 Å². The van der Waals surface area contributed by atoms with Crippen molar-refractivity contribution in [2.45, 2.75) is 24.8 Å². The van der Waals surface area contributed by atoms with Crippen molar-refractivity contribution in [2.75, 3.05) is 14.1 Å². The number of halogens is 2. The Balaban J connectivity index is 3.04. The Kier molecular flexibility index (Phi) is 5.72. The predicted octanol–water partition coefficient (Wildman–Crippen LogP) is 1.87. The molecule has 1 N–H and O–H groups in total. The topological polar surface area (TPSA) is 66.5 Å². The number of carbonyl (C=O) groups is 1. The van der Waals surface area contributed by atoms with Crippen molar-refractivity contribution < 1.29 is 17.6 Å². The first-order chi connectivity index (χ1) is 9.56. The third-order valence-electron chi connectivity index (χ3n) is 2.89. The molecule has 1 aromatic rings. The number of nitrogens with one attached hydrogen (secondary N) is 1. The molecular formula is C13H18ClFN2O3S. The first kappa shape index (κ1) is 17.9. The summed E-state index contributed by atoms with van der Waals surface area (Å²) in [6.07, 6.45) is 0. The highest BCUT2D eigenvalue weighted by atomic mass is 35.5. The molecule has 0 radical (unpaired) electrons. The number of nitrogens with zero attached hydrogens (tertiary/aromatic N) is 1. The second-order valence-electron chi connectivity index (χ2n) is 5.20. The second kappa shape index (κ2) is 6.72. The summed E-state index contributed by atoms with van der Waals surface area (Å²) in [5, 5.41) is -0.321. The van der Waals surface area contributed by atoms with E-state index >= 15 is 0 Å². The van der Waals surface area contributed by atoms with Crippen LogP contribution in [0.3, 0.4) is 0 Å². The van der Waals surface area contributed by atoms with E-state index < -0.39 is 27.8 Å². The lowest BCUT2D eigenvalue weighted by molar-refractivity contribution is -0.125. The summed E-state index contributed by atoms with van der Waals surface area (Å²) in [7, 11) is -0.716. The molecule has 0 unspecified atom stereocenters. The number of hydrogen-bond acceptors (Lipinski definition) is 4. The van der Waals surface area contributed by atoms with E-state index in [1.165, 1.54) is 0 Å². The maximum atomic E-state index is 13.1. The molecular weight excluding hydrogens is 319 g/mol. The molecule has 0 saturated heterocycles. The van der Waals surface area contributed by atoms with E-state index in [0.29, 0.717) is 0 Å². The van der Waals surface area contributed by atoms with E-state index in [1.807, 2.05) is 18.6 Å². The first-order valence-corrected chi connectivity index (χ1v) is 8.10. The van der Waals surface area contributed by atoms with Crippen LogP contribution in [0, 0.1) is 11.7 Å². The SMILES string of the molecule is CC(C)[C@@H](C(=O)NS(=O)(=O)c1ccc(F)c(Cl)c1)N(C)C. The lowest BCUT2D eigenvalue weighted by Crippen LogP contribution is -2.48. The summed E-state index contributed by atoms with van der Waals surface area (Å²) < 4.78 is 39.3. The molecule has 1 rings (SSSR count). The molecule has 0 saturated carbocycles.